The van der Waals surface area contributed by atoms with Crippen molar-refractivity contribution in [3.63, 3.8) is 0 Å². The number of nitrogens with one attached hydrogen (secondary N) is 1. The van der Waals surface area contributed by atoms with E-state index in [0.29, 0.717) is 5.92 Å². The zero-order valence-electron chi connectivity index (χ0n) is 14.1. The van der Waals surface area contributed by atoms with E-state index in [4.69, 9.17) is 9.15 Å². The molecule has 1 heterocycles. The Morgan fingerprint density at radius 3 is 2.83 bits per heavy atom. The monoisotopic (exact) mass is 315 g/mol. The number of amides is 1. The lowest BCUT2D eigenvalue weighted by Crippen LogP contribution is -2.38. The van der Waals surface area contributed by atoms with Gasteiger partial charge in [0.25, 0.3) is 5.91 Å². The molecule has 3 rings (SSSR count). The van der Waals surface area contributed by atoms with E-state index in [1.54, 1.807) is 0 Å². The smallest absolute Gasteiger partial charge is 0.258 e. The first-order valence-corrected chi connectivity index (χ1v) is 8.51. The van der Waals surface area contributed by atoms with E-state index in [2.05, 4.69) is 19.2 Å². The highest BCUT2D eigenvalue weighted by molar-refractivity contribution is 5.84. The Morgan fingerprint density at radius 2 is 2.04 bits per heavy atom. The van der Waals surface area contributed by atoms with Crippen molar-refractivity contribution in [1.29, 1.82) is 0 Å². The maximum Gasteiger partial charge on any atom is 0.258 e. The molecule has 4 heteroatoms. The van der Waals surface area contributed by atoms with Crippen molar-refractivity contribution in [2.45, 2.75) is 52.5 Å². The summed E-state index contributed by atoms with van der Waals surface area (Å²) < 4.78 is 11.6. The summed E-state index contributed by atoms with van der Waals surface area (Å²) in [5, 5.41) is 4.08. The largest absolute Gasteiger partial charge is 0.484 e. The molecule has 1 atom stereocenters. The third-order valence-electron chi connectivity index (χ3n) is 4.69. The lowest BCUT2D eigenvalue weighted by atomic mass is 9.96. The number of hydrogen-bond acceptors (Lipinski definition) is 3. The summed E-state index contributed by atoms with van der Waals surface area (Å²) >= 11 is 0. The summed E-state index contributed by atoms with van der Waals surface area (Å²) in [5.41, 5.74) is 2.23. The van der Waals surface area contributed by atoms with Crippen LogP contribution in [0.15, 0.2) is 22.6 Å². The molecule has 0 radical (unpaired) electrons. The number of aryl methyl sites for hydroxylation is 2. The van der Waals surface area contributed by atoms with Gasteiger partial charge in [0.1, 0.15) is 17.1 Å². The van der Waals surface area contributed by atoms with Gasteiger partial charge >= 0.3 is 0 Å². The summed E-state index contributed by atoms with van der Waals surface area (Å²) in [4.78, 5) is 11.9. The number of furan rings is 1. The van der Waals surface area contributed by atoms with Crippen molar-refractivity contribution in [1.82, 2.24) is 5.32 Å². The molecular weight excluding hydrogens is 290 g/mol. The van der Waals surface area contributed by atoms with Crippen LogP contribution in [0.2, 0.25) is 0 Å². The highest BCUT2D eigenvalue weighted by Gasteiger charge is 2.18. The van der Waals surface area contributed by atoms with Gasteiger partial charge in [-0.2, -0.15) is 0 Å². The second kappa shape index (κ2) is 6.65. The van der Waals surface area contributed by atoms with E-state index in [-0.39, 0.29) is 18.6 Å². The van der Waals surface area contributed by atoms with Crippen LogP contribution in [-0.4, -0.2) is 18.6 Å². The Hall–Kier alpha value is -1.97. The summed E-state index contributed by atoms with van der Waals surface area (Å²) in [7, 11) is 0. The molecule has 0 saturated carbocycles. The van der Waals surface area contributed by atoms with Crippen LogP contribution in [0.25, 0.3) is 11.0 Å². The lowest BCUT2D eigenvalue weighted by molar-refractivity contribution is -0.124. The van der Waals surface area contributed by atoms with E-state index in [1.807, 2.05) is 25.1 Å². The molecule has 0 unspecified atom stereocenters. The molecule has 23 heavy (non-hydrogen) atoms. The van der Waals surface area contributed by atoms with Crippen LogP contribution in [-0.2, 0) is 17.6 Å². The van der Waals surface area contributed by atoms with E-state index < -0.39 is 0 Å². The third-order valence-corrected chi connectivity index (χ3v) is 4.69. The quantitative estimate of drug-likeness (QED) is 0.911. The molecular formula is C19H25NO3. The summed E-state index contributed by atoms with van der Waals surface area (Å²) in [6.45, 7) is 6.22. The van der Waals surface area contributed by atoms with Gasteiger partial charge < -0.3 is 14.5 Å². The average Bonchev–Trinajstić information content (AvgIpc) is 2.90. The molecule has 0 aliphatic heterocycles. The van der Waals surface area contributed by atoms with Gasteiger partial charge in [0.05, 0.1) is 0 Å². The van der Waals surface area contributed by atoms with Crippen LogP contribution in [0.5, 0.6) is 5.75 Å². The van der Waals surface area contributed by atoms with Crippen molar-refractivity contribution < 1.29 is 13.9 Å². The van der Waals surface area contributed by atoms with Crippen molar-refractivity contribution in [3.05, 3.63) is 29.5 Å². The van der Waals surface area contributed by atoms with Crippen molar-refractivity contribution >= 4 is 16.9 Å². The van der Waals surface area contributed by atoms with Crippen LogP contribution in [0.3, 0.4) is 0 Å². The Bertz CT molecular complexity index is 702. The molecule has 0 bridgehead atoms. The minimum atomic E-state index is -0.0829. The third kappa shape index (κ3) is 3.52. The normalized spacial score (nSPS) is 15.5. The van der Waals surface area contributed by atoms with Crippen molar-refractivity contribution in [3.8, 4) is 5.75 Å². The Morgan fingerprint density at radius 1 is 1.26 bits per heavy atom. The van der Waals surface area contributed by atoms with Crippen molar-refractivity contribution in [2.75, 3.05) is 6.61 Å². The van der Waals surface area contributed by atoms with Crippen LogP contribution < -0.4 is 10.1 Å². The topological polar surface area (TPSA) is 51.5 Å². The Balaban J connectivity index is 1.68. The van der Waals surface area contributed by atoms with E-state index >= 15 is 0 Å². The number of benzene rings is 1. The molecule has 1 aliphatic carbocycles. The van der Waals surface area contributed by atoms with Crippen LogP contribution in [0.4, 0.5) is 0 Å². The highest BCUT2D eigenvalue weighted by Crippen LogP contribution is 2.33. The maximum atomic E-state index is 11.9. The molecule has 1 N–H and O–H groups in total. The minimum Gasteiger partial charge on any atom is -0.484 e. The molecule has 4 nitrogen and oxygen atoms in total. The lowest BCUT2D eigenvalue weighted by Gasteiger charge is -2.17. The molecule has 1 aliphatic rings. The van der Waals surface area contributed by atoms with Gasteiger partial charge in [-0.05, 0) is 50.3 Å². The molecule has 1 aromatic carbocycles. The maximum absolute atomic E-state index is 11.9. The van der Waals surface area contributed by atoms with Gasteiger partial charge in [-0.1, -0.05) is 13.8 Å². The minimum absolute atomic E-state index is 0.0443. The number of carbonyl (C=O) groups excluding carboxylic acids is 1. The number of hydrogen-bond donors (Lipinski definition) is 1. The first-order chi connectivity index (χ1) is 11.0. The van der Waals surface area contributed by atoms with Gasteiger partial charge in [0, 0.05) is 23.4 Å². The predicted molar refractivity (Wildman–Crippen MR) is 90.8 cm³/mol. The molecule has 1 aromatic heterocycles. The molecule has 0 saturated heterocycles. The van der Waals surface area contributed by atoms with Crippen molar-refractivity contribution in [2.24, 2.45) is 5.92 Å². The zero-order valence-corrected chi connectivity index (χ0v) is 14.1. The zero-order chi connectivity index (χ0) is 16.4. The fraction of sp³-hybridized carbons (Fsp3) is 0.526. The second-order valence-electron chi connectivity index (χ2n) is 6.76. The first kappa shape index (κ1) is 15.9. The molecule has 2 aromatic rings. The average molecular weight is 315 g/mol. The van der Waals surface area contributed by atoms with Gasteiger partial charge in [0.15, 0.2) is 6.61 Å². The van der Waals surface area contributed by atoms with Crippen LogP contribution >= 0.6 is 0 Å². The van der Waals surface area contributed by atoms with Gasteiger partial charge in [0.2, 0.25) is 0 Å². The number of rotatable bonds is 5. The van der Waals surface area contributed by atoms with Gasteiger partial charge in [-0.15, -0.1) is 0 Å². The van der Waals surface area contributed by atoms with Crippen LogP contribution in [0, 0.1) is 5.92 Å². The SMILES string of the molecule is CC(C)[C@@H](C)NC(=O)COc1ccc2oc3c(c2c1)CCCC3. The molecule has 1 amide bonds. The second-order valence-corrected chi connectivity index (χ2v) is 6.76. The summed E-state index contributed by atoms with van der Waals surface area (Å²) in [6.07, 6.45) is 4.50. The Labute approximate surface area is 137 Å². The van der Waals surface area contributed by atoms with Crippen LogP contribution in [0.1, 0.15) is 44.9 Å². The van der Waals surface area contributed by atoms with E-state index in [9.17, 15) is 4.79 Å². The Kier molecular flexibility index (Phi) is 4.60. The highest BCUT2D eigenvalue weighted by atomic mass is 16.5. The number of ether oxygens (including phenoxy) is 1. The number of carbonyl (C=O) groups is 1. The molecule has 124 valence electrons. The molecule has 0 spiro atoms. The fourth-order valence-electron chi connectivity index (χ4n) is 2.94. The fourth-order valence-corrected chi connectivity index (χ4v) is 2.94. The van der Waals surface area contributed by atoms with Gasteiger partial charge in [-0.25, -0.2) is 0 Å². The van der Waals surface area contributed by atoms with Gasteiger partial charge in [-0.3, -0.25) is 4.79 Å². The summed E-state index contributed by atoms with van der Waals surface area (Å²) in [5.74, 6) is 2.17. The predicted octanol–water partition coefficient (Wildman–Crippen LogP) is 3.85. The van der Waals surface area contributed by atoms with E-state index in [1.165, 1.54) is 18.4 Å². The number of fused-ring (bicyclic) bond motifs is 3. The standard InChI is InChI=1S/C19H25NO3/c1-12(2)13(3)20-19(21)11-22-14-8-9-18-16(10-14)15-6-4-5-7-17(15)23-18/h8-10,12-13H,4-7,11H2,1-3H3,(H,20,21)/t13-/m1/s1. The molecule has 0 fully saturated rings. The summed E-state index contributed by atoms with van der Waals surface area (Å²) in [6, 6.07) is 5.96. The van der Waals surface area contributed by atoms with E-state index in [0.717, 1.165) is 35.3 Å². The first-order valence-electron chi connectivity index (χ1n) is 8.51.